The molecule has 2 rings (SSSR count). The number of aromatic amines is 1. The molecular weight excluding hydrogens is 388 g/mol. The van der Waals surface area contributed by atoms with E-state index in [1.165, 1.54) is 5.56 Å². The number of aryl methyl sites for hydroxylation is 1. The Kier molecular flexibility index (Phi) is 8.17. The van der Waals surface area contributed by atoms with Crippen LogP contribution in [-0.2, 0) is 7.05 Å². The molecule has 0 spiro atoms. The molecule has 0 fully saturated rings. The number of hydrogen-bond donors (Lipinski definition) is 1. The number of nitriles is 2. The lowest BCUT2D eigenvalue weighted by Crippen LogP contribution is -2.17. The first kappa shape index (κ1) is 24.4. The second-order valence-corrected chi connectivity index (χ2v) is 8.31. The van der Waals surface area contributed by atoms with Crippen molar-refractivity contribution in [3.05, 3.63) is 33.2 Å². The predicted octanol–water partition coefficient (Wildman–Crippen LogP) is 5.47. The molecule has 7 nitrogen and oxygen atoms in total. The van der Waals surface area contributed by atoms with E-state index in [9.17, 15) is 4.79 Å². The van der Waals surface area contributed by atoms with E-state index in [4.69, 9.17) is 22.1 Å². The number of rotatable bonds is 5. The zero-order valence-electron chi connectivity index (χ0n) is 18.2. The molecule has 0 amide bonds. The molecule has 1 aromatic heterocycles. The molecule has 156 valence electrons. The molecule has 0 aliphatic rings. The van der Waals surface area contributed by atoms with Crippen molar-refractivity contribution in [1.29, 1.82) is 10.5 Å². The van der Waals surface area contributed by atoms with Crippen molar-refractivity contribution in [1.82, 2.24) is 9.55 Å². The highest BCUT2D eigenvalue weighted by atomic mass is 35.5. The van der Waals surface area contributed by atoms with Gasteiger partial charge in [0.1, 0.15) is 0 Å². The van der Waals surface area contributed by atoms with Crippen LogP contribution < -0.4 is 5.69 Å². The molecule has 2 aromatic rings. The highest BCUT2D eigenvalue weighted by Crippen LogP contribution is 2.32. The second-order valence-electron chi connectivity index (χ2n) is 7.90. The largest absolute Gasteiger partial charge is 0.326 e. The van der Waals surface area contributed by atoms with Crippen LogP contribution in [0.25, 0.3) is 11.0 Å². The van der Waals surface area contributed by atoms with Gasteiger partial charge in [-0.05, 0) is 58.1 Å². The molecule has 0 saturated heterocycles. The topological polar surface area (TPSA) is 110 Å². The summed E-state index contributed by atoms with van der Waals surface area (Å²) < 4.78 is 1.65. The van der Waals surface area contributed by atoms with Gasteiger partial charge in [0, 0.05) is 7.05 Å². The van der Waals surface area contributed by atoms with E-state index in [0.29, 0.717) is 10.9 Å². The van der Waals surface area contributed by atoms with Gasteiger partial charge in [-0.25, -0.2) is 4.79 Å². The Morgan fingerprint density at radius 2 is 1.59 bits per heavy atom. The number of benzene rings is 1. The number of imidazole rings is 1. The maximum atomic E-state index is 11.7. The third kappa shape index (κ3) is 6.17. The summed E-state index contributed by atoms with van der Waals surface area (Å²) in [6, 6.07) is 7.84. The molecule has 1 N–H and O–H groups in total. The van der Waals surface area contributed by atoms with Crippen LogP contribution in [-0.4, -0.2) is 20.6 Å². The summed E-state index contributed by atoms with van der Waals surface area (Å²) in [5, 5.41) is 25.3. The van der Waals surface area contributed by atoms with Gasteiger partial charge >= 0.3 is 5.69 Å². The van der Waals surface area contributed by atoms with Crippen molar-refractivity contribution in [2.45, 2.75) is 71.4 Å². The monoisotopic (exact) mass is 416 g/mol. The van der Waals surface area contributed by atoms with Crippen LogP contribution in [0.1, 0.15) is 65.9 Å². The average Bonchev–Trinajstić information content (AvgIpc) is 2.99. The standard InChI is InChI=1S/C13H17ClN2O.C8H12N4/c1-4-8(5-2)9-6-7-10(14)11-12(9)16(3)13(17)15-11;1-7(2,5-9)11-12-8(3,4)6-10/h6-8H,4-5H2,1-3H3,(H,15,17);1-4H3. The summed E-state index contributed by atoms with van der Waals surface area (Å²) in [6.45, 7) is 10.9. The molecule has 0 saturated carbocycles. The third-order valence-electron chi connectivity index (χ3n) is 4.55. The first-order valence-corrected chi connectivity index (χ1v) is 9.94. The van der Waals surface area contributed by atoms with Gasteiger partial charge in [-0.1, -0.05) is 31.5 Å². The van der Waals surface area contributed by atoms with E-state index in [2.05, 4.69) is 29.1 Å². The van der Waals surface area contributed by atoms with Crippen LogP contribution in [0.2, 0.25) is 5.02 Å². The third-order valence-corrected chi connectivity index (χ3v) is 4.87. The van der Waals surface area contributed by atoms with Crippen molar-refractivity contribution < 1.29 is 0 Å². The molecule has 1 heterocycles. The Balaban J connectivity index is 0.000000311. The molecule has 0 bridgehead atoms. The molecule has 29 heavy (non-hydrogen) atoms. The van der Waals surface area contributed by atoms with Gasteiger partial charge in [-0.3, -0.25) is 4.57 Å². The van der Waals surface area contributed by atoms with Gasteiger partial charge in [0.05, 0.1) is 28.2 Å². The number of halogens is 1. The van der Waals surface area contributed by atoms with Gasteiger partial charge in [0.25, 0.3) is 0 Å². The number of nitrogens with zero attached hydrogens (tertiary/aromatic N) is 5. The van der Waals surface area contributed by atoms with Crippen LogP contribution in [0, 0.1) is 22.7 Å². The fourth-order valence-electron chi connectivity index (χ4n) is 2.71. The van der Waals surface area contributed by atoms with Crippen LogP contribution in [0.3, 0.4) is 0 Å². The van der Waals surface area contributed by atoms with Crippen molar-refractivity contribution >= 4 is 22.6 Å². The zero-order chi connectivity index (χ0) is 22.4. The van der Waals surface area contributed by atoms with Crippen LogP contribution >= 0.6 is 11.6 Å². The zero-order valence-corrected chi connectivity index (χ0v) is 18.9. The summed E-state index contributed by atoms with van der Waals surface area (Å²) in [6.07, 6.45) is 2.12. The summed E-state index contributed by atoms with van der Waals surface area (Å²) in [4.78, 5) is 14.5. The second kappa shape index (κ2) is 9.71. The Morgan fingerprint density at radius 3 is 2.00 bits per heavy atom. The van der Waals surface area contributed by atoms with Gasteiger partial charge in [0.2, 0.25) is 0 Å². The molecule has 0 aliphatic carbocycles. The van der Waals surface area contributed by atoms with E-state index in [1.807, 2.05) is 24.3 Å². The summed E-state index contributed by atoms with van der Waals surface area (Å²) in [7, 11) is 1.78. The van der Waals surface area contributed by atoms with E-state index < -0.39 is 11.1 Å². The van der Waals surface area contributed by atoms with E-state index in [-0.39, 0.29) is 5.69 Å². The molecule has 0 aliphatic heterocycles. The van der Waals surface area contributed by atoms with Crippen molar-refractivity contribution in [2.75, 3.05) is 0 Å². The first-order valence-electron chi connectivity index (χ1n) is 9.56. The normalized spacial score (nSPS) is 12.0. The minimum absolute atomic E-state index is 0.111. The number of fused-ring (bicyclic) bond motifs is 1. The fourth-order valence-corrected chi connectivity index (χ4v) is 2.91. The first-order chi connectivity index (χ1) is 13.4. The molecule has 0 radical (unpaired) electrons. The smallest absolute Gasteiger partial charge is 0.304 e. The van der Waals surface area contributed by atoms with Crippen LogP contribution in [0.5, 0.6) is 0 Å². The van der Waals surface area contributed by atoms with Gasteiger partial charge < -0.3 is 4.98 Å². The van der Waals surface area contributed by atoms with Crippen molar-refractivity contribution in [2.24, 2.45) is 17.3 Å². The SMILES string of the molecule is CC(C)(C#N)N=NC(C)(C)C#N.CCC(CC)c1ccc(Cl)c2[nH]c(=O)n(C)c12. The predicted molar refractivity (Wildman–Crippen MR) is 116 cm³/mol. The number of aromatic nitrogens is 2. The number of nitrogens with one attached hydrogen (secondary N) is 1. The lowest BCUT2D eigenvalue weighted by Gasteiger charge is -2.15. The van der Waals surface area contributed by atoms with Crippen LogP contribution in [0.15, 0.2) is 27.2 Å². The Hall–Kier alpha value is -2.64. The summed E-state index contributed by atoms with van der Waals surface area (Å²) in [5.41, 5.74) is 1.11. The maximum Gasteiger partial charge on any atom is 0.326 e. The van der Waals surface area contributed by atoms with E-state index in [0.717, 1.165) is 23.9 Å². The molecule has 1 aromatic carbocycles. The maximum absolute atomic E-state index is 11.7. The van der Waals surface area contributed by atoms with Crippen LogP contribution in [0.4, 0.5) is 0 Å². The van der Waals surface area contributed by atoms with Gasteiger partial charge in [-0.15, -0.1) is 0 Å². The highest BCUT2D eigenvalue weighted by molar-refractivity contribution is 6.35. The van der Waals surface area contributed by atoms with Gasteiger partial charge in [-0.2, -0.15) is 20.8 Å². The number of H-pyrrole nitrogens is 1. The Morgan fingerprint density at radius 1 is 1.10 bits per heavy atom. The Bertz CT molecular complexity index is 985. The quantitative estimate of drug-likeness (QED) is 0.652. The van der Waals surface area contributed by atoms with Crippen molar-refractivity contribution in [3.63, 3.8) is 0 Å². The molecule has 0 unspecified atom stereocenters. The lowest BCUT2D eigenvalue weighted by atomic mass is 9.93. The Labute approximate surface area is 177 Å². The molecule has 8 heteroatoms. The number of azo groups is 1. The molecular formula is C21H29ClN6O. The summed E-state index contributed by atoms with van der Waals surface area (Å²) in [5.74, 6) is 0.469. The average molecular weight is 417 g/mol. The molecule has 0 atom stereocenters. The van der Waals surface area contributed by atoms with E-state index in [1.54, 1.807) is 39.3 Å². The lowest BCUT2D eigenvalue weighted by molar-refractivity contribution is 0.541. The fraction of sp³-hybridized carbons (Fsp3) is 0.571. The minimum atomic E-state index is -0.839. The van der Waals surface area contributed by atoms with Gasteiger partial charge in [0.15, 0.2) is 11.1 Å². The van der Waals surface area contributed by atoms with E-state index >= 15 is 0 Å². The summed E-state index contributed by atoms with van der Waals surface area (Å²) >= 11 is 6.12. The highest BCUT2D eigenvalue weighted by Gasteiger charge is 2.20. The van der Waals surface area contributed by atoms with Crippen molar-refractivity contribution in [3.8, 4) is 12.1 Å². The number of hydrogen-bond acceptors (Lipinski definition) is 5. The minimum Gasteiger partial charge on any atom is -0.304 e.